The standard InChI is InChI=1S/C36H39BrClN3O5S/c1-4-46-32-18-16-31(17-19-32)41(47(44,45)33-20-12-29(37)13-21-33)25-35(42)40(24-28-10-14-30(38)15-11-28)34(36(43)39-23-26(2)3)22-27-8-6-5-7-9-27/h5-21,26,34H,4,22-25H2,1-3H3,(H,39,43)/t34-/m1/s1. The second-order valence-corrected chi connectivity index (χ2v) is 14.6. The van der Waals surface area contributed by atoms with E-state index < -0.39 is 28.5 Å². The molecule has 248 valence electrons. The van der Waals surface area contributed by atoms with Crippen molar-refractivity contribution in [2.75, 3.05) is 24.0 Å². The number of hydrogen-bond acceptors (Lipinski definition) is 5. The third kappa shape index (κ3) is 10.1. The van der Waals surface area contributed by atoms with Crippen molar-refractivity contribution in [3.63, 3.8) is 0 Å². The van der Waals surface area contributed by atoms with Crippen molar-refractivity contribution in [2.24, 2.45) is 5.92 Å². The van der Waals surface area contributed by atoms with Crippen molar-refractivity contribution in [3.05, 3.63) is 124 Å². The van der Waals surface area contributed by atoms with Crippen LogP contribution in [0.2, 0.25) is 5.02 Å². The molecule has 11 heteroatoms. The van der Waals surface area contributed by atoms with Gasteiger partial charge in [-0.3, -0.25) is 13.9 Å². The Morgan fingerprint density at radius 3 is 2.11 bits per heavy atom. The Bertz CT molecular complexity index is 1720. The Hall–Kier alpha value is -3.86. The highest BCUT2D eigenvalue weighted by atomic mass is 79.9. The van der Waals surface area contributed by atoms with E-state index >= 15 is 0 Å². The fraction of sp³-hybridized carbons (Fsp3) is 0.278. The lowest BCUT2D eigenvalue weighted by Gasteiger charge is -2.34. The van der Waals surface area contributed by atoms with Gasteiger partial charge in [0.15, 0.2) is 0 Å². The van der Waals surface area contributed by atoms with Crippen LogP contribution in [0.15, 0.2) is 112 Å². The second-order valence-electron chi connectivity index (χ2n) is 11.4. The average molecular weight is 741 g/mol. The lowest BCUT2D eigenvalue weighted by molar-refractivity contribution is -0.140. The lowest BCUT2D eigenvalue weighted by atomic mass is 10.0. The molecule has 4 rings (SSSR count). The molecule has 2 amide bonds. The molecule has 0 radical (unpaired) electrons. The highest BCUT2D eigenvalue weighted by Crippen LogP contribution is 2.28. The third-order valence-electron chi connectivity index (χ3n) is 7.34. The average Bonchev–Trinajstić information content (AvgIpc) is 3.06. The van der Waals surface area contributed by atoms with E-state index in [1.54, 1.807) is 60.7 Å². The number of carbonyl (C=O) groups is 2. The van der Waals surface area contributed by atoms with Crippen molar-refractivity contribution in [1.82, 2.24) is 10.2 Å². The molecule has 0 spiro atoms. The van der Waals surface area contributed by atoms with Crippen LogP contribution in [-0.2, 0) is 32.6 Å². The van der Waals surface area contributed by atoms with Crippen molar-refractivity contribution in [1.29, 1.82) is 0 Å². The van der Waals surface area contributed by atoms with Crippen LogP contribution in [0.4, 0.5) is 5.69 Å². The molecule has 1 atom stereocenters. The van der Waals surface area contributed by atoms with Crippen molar-refractivity contribution < 1.29 is 22.7 Å². The fourth-order valence-corrected chi connectivity index (χ4v) is 6.71. The molecule has 0 aromatic heterocycles. The molecule has 0 bridgehead atoms. The summed E-state index contributed by atoms with van der Waals surface area (Å²) in [6.07, 6.45) is 0.229. The van der Waals surface area contributed by atoms with Gasteiger partial charge in [0.25, 0.3) is 10.0 Å². The van der Waals surface area contributed by atoms with Gasteiger partial charge in [0.05, 0.1) is 17.2 Å². The van der Waals surface area contributed by atoms with E-state index in [0.717, 1.165) is 15.4 Å². The van der Waals surface area contributed by atoms with Crippen molar-refractivity contribution in [2.45, 2.75) is 44.7 Å². The topological polar surface area (TPSA) is 96.0 Å². The molecule has 1 N–H and O–H groups in total. The number of carbonyl (C=O) groups excluding carboxylic acids is 2. The maximum atomic E-state index is 14.6. The molecule has 0 aliphatic rings. The van der Waals surface area contributed by atoms with E-state index in [2.05, 4.69) is 21.2 Å². The number of halogens is 2. The summed E-state index contributed by atoms with van der Waals surface area (Å²) in [5.74, 6) is -0.121. The van der Waals surface area contributed by atoms with Gasteiger partial charge < -0.3 is 15.0 Å². The summed E-state index contributed by atoms with van der Waals surface area (Å²) in [7, 11) is -4.22. The van der Waals surface area contributed by atoms with Gasteiger partial charge in [0.2, 0.25) is 11.8 Å². The van der Waals surface area contributed by atoms with Crippen LogP contribution in [-0.4, -0.2) is 50.9 Å². The first-order valence-corrected chi connectivity index (χ1v) is 18.0. The van der Waals surface area contributed by atoms with Gasteiger partial charge in [-0.25, -0.2) is 8.42 Å². The van der Waals surface area contributed by atoms with Crippen LogP contribution in [0, 0.1) is 5.92 Å². The normalized spacial score (nSPS) is 12.0. The van der Waals surface area contributed by atoms with E-state index in [9.17, 15) is 18.0 Å². The van der Waals surface area contributed by atoms with E-state index in [1.807, 2.05) is 51.1 Å². The molecule has 4 aromatic carbocycles. The number of anilines is 1. The zero-order chi connectivity index (χ0) is 34.0. The lowest BCUT2D eigenvalue weighted by Crippen LogP contribution is -2.53. The van der Waals surface area contributed by atoms with Crippen LogP contribution in [0.25, 0.3) is 0 Å². The Morgan fingerprint density at radius 2 is 1.51 bits per heavy atom. The zero-order valence-electron chi connectivity index (χ0n) is 26.6. The fourth-order valence-electron chi connectivity index (χ4n) is 4.90. The van der Waals surface area contributed by atoms with Crippen LogP contribution >= 0.6 is 27.5 Å². The van der Waals surface area contributed by atoms with E-state index in [-0.39, 0.29) is 35.4 Å². The predicted molar refractivity (Wildman–Crippen MR) is 190 cm³/mol. The number of ether oxygens (including phenoxy) is 1. The molecule has 0 unspecified atom stereocenters. The van der Waals surface area contributed by atoms with Gasteiger partial charge >= 0.3 is 0 Å². The molecule has 0 aliphatic heterocycles. The number of sulfonamides is 1. The Kier molecular flexibility index (Phi) is 12.9. The maximum Gasteiger partial charge on any atom is 0.264 e. The molecule has 0 heterocycles. The summed E-state index contributed by atoms with van der Waals surface area (Å²) in [4.78, 5) is 29.9. The Labute approximate surface area is 290 Å². The SMILES string of the molecule is CCOc1ccc(N(CC(=O)N(Cc2ccc(Cl)cc2)[C@H](Cc2ccccc2)C(=O)NCC(C)C)S(=O)(=O)c2ccc(Br)cc2)cc1. The monoisotopic (exact) mass is 739 g/mol. The molecule has 47 heavy (non-hydrogen) atoms. The summed E-state index contributed by atoms with van der Waals surface area (Å²) < 4.78 is 35.8. The van der Waals surface area contributed by atoms with Gasteiger partial charge in [-0.1, -0.05) is 83.8 Å². The number of nitrogens with one attached hydrogen (secondary N) is 1. The first-order valence-electron chi connectivity index (χ1n) is 15.3. The highest BCUT2D eigenvalue weighted by molar-refractivity contribution is 9.10. The predicted octanol–water partition coefficient (Wildman–Crippen LogP) is 7.11. The largest absolute Gasteiger partial charge is 0.494 e. The molecular weight excluding hydrogens is 702 g/mol. The molecular formula is C36H39BrClN3O5S. The number of hydrogen-bond donors (Lipinski definition) is 1. The third-order valence-corrected chi connectivity index (χ3v) is 9.91. The summed E-state index contributed by atoms with van der Waals surface area (Å²) in [6.45, 7) is 6.20. The van der Waals surface area contributed by atoms with Gasteiger partial charge in [0.1, 0.15) is 18.3 Å². The molecule has 8 nitrogen and oxygen atoms in total. The summed E-state index contributed by atoms with van der Waals surface area (Å²) >= 11 is 9.52. The number of rotatable bonds is 15. The zero-order valence-corrected chi connectivity index (χ0v) is 29.8. The molecule has 0 saturated carbocycles. The summed E-state index contributed by atoms with van der Waals surface area (Å²) in [5.41, 5.74) is 1.87. The van der Waals surface area contributed by atoms with Gasteiger partial charge in [-0.15, -0.1) is 0 Å². The number of amides is 2. The Balaban J connectivity index is 1.79. The smallest absolute Gasteiger partial charge is 0.264 e. The minimum atomic E-state index is -4.22. The van der Waals surface area contributed by atoms with Crippen LogP contribution < -0.4 is 14.4 Å². The quantitative estimate of drug-likeness (QED) is 0.140. The van der Waals surface area contributed by atoms with Crippen LogP contribution in [0.5, 0.6) is 5.75 Å². The minimum absolute atomic E-state index is 0.0159. The number of nitrogens with zero attached hydrogens (tertiary/aromatic N) is 2. The van der Waals surface area contributed by atoms with Gasteiger partial charge in [-0.2, -0.15) is 0 Å². The second kappa shape index (κ2) is 16.8. The van der Waals surface area contributed by atoms with Gasteiger partial charge in [-0.05, 0) is 84.6 Å². The van der Waals surface area contributed by atoms with Crippen molar-refractivity contribution in [3.8, 4) is 5.75 Å². The highest BCUT2D eigenvalue weighted by Gasteiger charge is 2.34. The number of benzene rings is 4. The van der Waals surface area contributed by atoms with E-state index in [4.69, 9.17) is 16.3 Å². The van der Waals surface area contributed by atoms with E-state index in [1.165, 1.54) is 17.0 Å². The first kappa shape index (κ1) is 36.0. The van der Waals surface area contributed by atoms with Gasteiger partial charge in [0, 0.05) is 29.0 Å². The van der Waals surface area contributed by atoms with Crippen LogP contribution in [0.1, 0.15) is 31.9 Å². The molecule has 0 saturated heterocycles. The first-order chi connectivity index (χ1) is 22.5. The van der Waals surface area contributed by atoms with Crippen LogP contribution in [0.3, 0.4) is 0 Å². The maximum absolute atomic E-state index is 14.6. The van der Waals surface area contributed by atoms with Crippen molar-refractivity contribution >= 4 is 55.1 Å². The molecule has 0 aliphatic carbocycles. The van der Waals surface area contributed by atoms with E-state index in [0.29, 0.717) is 28.4 Å². The molecule has 0 fully saturated rings. The summed E-state index contributed by atoms with van der Waals surface area (Å²) in [6, 6.07) is 28.3. The molecule has 4 aromatic rings. The summed E-state index contributed by atoms with van der Waals surface area (Å²) in [5, 5.41) is 3.52. The Morgan fingerprint density at radius 1 is 0.872 bits per heavy atom. The minimum Gasteiger partial charge on any atom is -0.494 e.